The van der Waals surface area contributed by atoms with Gasteiger partial charge >= 0.3 is 7.82 Å². The molecule has 0 aromatic heterocycles. The lowest BCUT2D eigenvalue weighted by molar-refractivity contribution is 0.0977. The molecule has 2 aliphatic heterocycles. The first-order valence-electron chi connectivity index (χ1n) is 6.16. The van der Waals surface area contributed by atoms with Crippen molar-refractivity contribution in [1.82, 2.24) is 0 Å². The number of carbonyl (C=O) groups excluding carboxylic acids is 2. The molecule has 1 atom stereocenters. The zero-order valence-corrected chi connectivity index (χ0v) is 11.2. The first-order valence-corrected chi connectivity index (χ1v) is 7.62. The van der Waals surface area contributed by atoms with Crippen molar-refractivity contribution in [2.45, 2.75) is 0 Å². The number of fused-ring (bicyclic) bond motifs is 4. The number of phosphoric ester groups is 1. The standard InChI is InChI=1S/C14H5O6P/c15-11-6-3-1-2-4-7(6)12(16)10-8(11)5-9-13-14(10)20-21(17,18-9)19-13/h1-5H. The van der Waals surface area contributed by atoms with Crippen molar-refractivity contribution < 1.29 is 27.7 Å². The Morgan fingerprint density at radius 1 is 0.810 bits per heavy atom. The second kappa shape index (κ2) is 3.18. The van der Waals surface area contributed by atoms with Crippen molar-refractivity contribution in [3.05, 3.63) is 52.6 Å². The summed E-state index contributed by atoms with van der Waals surface area (Å²) in [5.41, 5.74) is 0.919. The molecule has 2 aromatic rings. The van der Waals surface area contributed by atoms with Gasteiger partial charge in [-0.25, -0.2) is 0 Å². The minimum Gasteiger partial charge on any atom is -0.382 e. The lowest BCUT2D eigenvalue weighted by atomic mass is 9.83. The SMILES string of the molecule is O=C1c2ccccc2C(=O)c2c1cc1c3c2OP(=O)(O1)O3. The topological polar surface area (TPSA) is 78.9 Å². The van der Waals surface area contributed by atoms with Crippen molar-refractivity contribution in [3.8, 4) is 17.2 Å². The molecule has 3 aliphatic rings. The lowest BCUT2D eigenvalue weighted by Crippen LogP contribution is -2.22. The van der Waals surface area contributed by atoms with E-state index in [4.69, 9.17) is 13.6 Å². The summed E-state index contributed by atoms with van der Waals surface area (Å²) in [4.78, 5) is 25.2. The number of hydrogen-bond acceptors (Lipinski definition) is 6. The predicted molar refractivity (Wildman–Crippen MR) is 69.2 cm³/mol. The molecule has 2 bridgehead atoms. The highest BCUT2D eigenvalue weighted by Gasteiger charge is 2.53. The fraction of sp³-hybridized carbons (Fsp3) is 0. The van der Waals surface area contributed by atoms with Crippen LogP contribution in [0.1, 0.15) is 31.8 Å². The molecule has 0 fully saturated rings. The molecule has 1 unspecified atom stereocenters. The van der Waals surface area contributed by atoms with Gasteiger partial charge in [0.25, 0.3) is 0 Å². The Bertz CT molecular complexity index is 939. The zero-order valence-electron chi connectivity index (χ0n) is 10.3. The Morgan fingerprint density at radius 3 is 2.19 bits per heavy atom. The van der Waals surface area contributed by atoms with Gasteiger partial charge in [-0.1, -0.05) is 24.3 Å². The number of phosphoric acid groups is 1. The Hall–Kier alpha value is -2.59. The van der Waals surface area contributed by atoms with E-state index in [1.165, 1.54) is 6.07 Å². The van der Waals surface area contributed by atoms with Gasteiger partial charge in [-0.15, -0.1) is 0 Å². The highest BCUT2D eigenvalue weighted by atomic mass is 31.2. The Morgan fingerprint density at radius 2 is 1.48 bits per heavy atom. The van der Waals surface area contributed by atoms with Crippen molar-refractivity contribution >= 4 is 19.4 Å². The van der Waals surface area contributed by atoms with Crippen LogP contribution in [0.25, 0.3) is 0 Å². The second-order valence-electron chi connectivity index (χ2n) is 4.88. The summed E-state index contributed by atoms with van der Waals surface area (Å²) < 4.78 is 27.2. The van der Waals surface area contributed by atoms with Crippen molar-refractivity contribution in [2.75, 3.05) is 0 Å². The van der Waals surface area contributed by atoms with E-state index in [9.17, 15) is 14.2 Å². The van der Waals surface area contributed by atoms with Crippen molar-refractivity contribution in [3.63, 3.8) is 0 Å². The number of hydrogen-bond donors (Lipinski definition) is 0. The molecule has 2 aromatic carbocycles. The quantitative estimate of drug-likeness (QED) is 0.594. The van der Waals surface area contributed by atoms with Gasteiger partial charge < -0.3 is 13.6 Å². The summed E-state index contributed by atoms with van der Waals surface area (Å²) in [6.45, 7) is 0. The first kappa shape index (κ1) is 11.1. The highest BCUT2D eigenvalue weighted by Crippen LogP contribution is 2.70. The number of ketones is 2. The predicted octanol–water partition coefficient (Wildman–Crippen LogP) is 2.73. The summed E-state index contributed by atoms with van der Waals surface area (Å²) in [6, 6.07) is 7.95. The fourth-order valence-corrected chi connectivity index (χ4v) is 4.10. The van der Waals surface area contributed by atoms with Crippen LogP contribution in [0, 0.1) is 0 Å². The second-order valence-corrected chi connectivity index (χ2v) is 6.32. The number of rotatable bonds is 0. The maximum Gasteiger partial charge on any atom is 0.647 e. The van der Waals surface area contributed by atoms with E-state index in [0.29, 0.717) is 11.1 Å². The molecule has 7 heteroatoms. The van der Waals surface area contributed by atoms with Crippen LogP contribution in [0.3, 0.4) is 0 Å². The molecule has 0 N–H and O–H groups in total. The van der Waals surface area contributed by atoms with E-state index in [-0.39, 0.29) is 39.9 Å². The van der Waals surface area contributed by atoms with E-state index in [2.05, 4.69) is 0 Å². The third-order valence-electron chi connectivity index (χ3n) is 3.71. The molecule has 0 spiro atoms. The third kappa shape index (κ3) is 1.17. The van der Waals surface area contributed by atoms with Gasteiger partial charge in [0.1, 0.15) is 0 Å². The summed E-state index contributed by atoms with van der Waals surface area (Å²) in [7, 11) is -3.69. The van der Waals surface area contributed by atoms with E-state index in [1.807, 2.05) is 0 Å². The van der Waals surface area contributed by atoms with E-state index in [0.717, 1.165) is 0 Å². The average molecular weight is 300 g/mol. The van der Waals surface area contributed by atoms with Gasteiger partial charge in [-0.2, -0.15) is 4.57 Å². The Labute approximate surface area is 117 Å². The summed E-state index contributed by atoms with van der Waals surface area (Å²) in [5, 5.41) is 0. The van der Waals surface area contributed by atoms with Crippen LogP contribution in [0.2, 0.25) is 0 Å². The summed E-state index contributed by atoms with van der Waals surface area (Å²) >= 11 is 0. The van der Waals surface area contributed by atoms with E-state index >= 15 is 0 Å². The van der Waals surface area contributed by atoms with Gasteiger partial charge in [0.05, 0.1) is 5.56 Å². The van der Waals surface area contributed by atoms with E-state index in [1.54, 1.807) is 24.3 Å². The van der Waals surface area contributed by atoms with Gasteiger partial charge in [0.15, 0.2) is 23.1 Å². The largest absolute Gasteiger partial charge is 0.647 e. The van der Waals surface area contributed by atoms with Crippen molar-refractivity contribution in [1.29, 1.82) is 0 Å². The number of carbonyl (C=O) groups is 2. The van der Waals surface area contributed by atoms with Crippen LogP contribution in [0.15, 0.2) is 30.3 Å². The van der Waals surface area contributed by atoms with Gasteiger partial charge in [-0.3, -0.25) is 9.59 Å². The van der Waals surface area contributed by atoms with Gasteiger partial charge in [0.2, 0.25) is 5.75 Å². The first-order chi connectivity index (χ1) is 10.1. The molecule has 5 rings (SSSR count). The summed E-state index contributed by atoms with van der Waals surface area (Å²) in [5.74, 6) is -0.275. The Balaban J connectivity index is 1.88. The maximum absolute atomic E-state index is 12.6. The Kier molecular flexibility index (Phi) is 1.68. The average Bonchev–Trinajstić information content (AvgIpc) is 2.97. The van der Waals surface area contributed by atoms with Crippen molar-refractivity contribution in [2.24, 2.45) is 0 Å². The number of benzene rings is 2. The lowest BCUT2D eigenvalue weighted by Gasteiger charge is -2.20. The van der Waals surface area contributed by atoms with Gasteiger partial charge in [0, 0.05) is 16.7 Å². The molecule has 2 heterocycles. The third-order valence-corrected chi connectivity index (χ3v) is 4.94. The smallest absolute Gasteiger partial charge is 0.382 e. The van der Waals surface area contributed by atoms with Crippen LogP contribution in [0.5, 0.6) is 17.2 Å². The molecule has 0 amide bonds. The molecular weight excluding hydrogens is 295 g/mol. The van der Waals surface area contributed by atoms with Crippen LogP contribution < -0.4 is 13.6 Å². The molecule has 21 heavy (non-hydrogen) atoms. The monoisotopic (exact) mass is 300 g/mol. The normalized spacial score (nSPS) is 23.0. The molecule has 6 nitrogen and oxygen atoms in total. The summed E-state index contributed by atoms with van der Waals surface area (Å²) in [6.07, 6.45) is 0. The minimum absolute atomic E-state index is 0.0462. The molecule has 0 saturated carbocycles. The minimum atomic E-state index is -3.69. The molecule has 102 valence electrons. The molecule has 0 saturated heterocycles. The van der Waals surface area contributed by atoms with Gasteiger partial charge in [-0.05, 0) is 6.07 Å². The van der Waals surface area contributed by atoms with Crippen LogP contribution in [-0.4, -0.2) is 11.6 Å². The fourth-order valence-electron chi connectivity index (χ4n) is 2.82. The maximum atomic E-state index is 12.6. The van der Waals surface area contributed by atoms with Crippen LogP contribution in [-0.2, 0) is 4.57 Å². The van der Waals surface area contributed by atoms with E-state index < -0.39 is 7.82 Å². The highest BCUT2D eigenvalue weighted by molar-refractivity contribution is 7.50. The molecule has 1 aliphatic carbocycles. The molecular formula is C14H5O6P. The molecule has 0 radical (unpaired) electrons. The van der Waals surface area contributed by atoms with Crippen LogP contribution in [0.4, 0.5) is 0 Å². The van der Waals surface area contributed by atoms with Crippen LogP contribution >= 0.6 is 7.82 Å². The zero-order chi connectivity index (χ0) is 14.4.